The highest BCUT2D eigenvalue weighted by atomic mass is 16.6. The number of carbonyl (C=O) groups is 2. The first-order valence-electron chi connectivity index (χ1n) is 9.81. The number of anilines is 1. The largest absolute Gasteiger partial charge is 0.497 e. The Hall–Kier alpha value is -3.80. The molecule has 0 fully saturated rings. The van der Waals surface area contributed by atoms with E-state index in [1.807, 2.05) is 30.3 Å². The Balaban J connectivity index is 1.93. The second kappa shape index (κ2) is 9.34. The lowest BCUT2D eigenvalue weighted by molar-refractivity contribution is 0.00708. The molecule has 31 heavy (non-hydrogen) atoms. The minimum absolute atomic E-state index is 0.228. The van der Waals surface area contributed by atoms with Crippen LogP contribution in [0.5, 0.6) is 17.2 Å². The summed E-state index contributed by atoms with van der Waals surface area (Å²) in [6, 6.07) is 20.8. The molecule has 0 aliphatic rings. The number of benzene rings is 3. The minimum Gasteiger partial charge on any atom is -0.497 e. The van der Waals surface area contributed by atoms with E-state index in [0.29, 0.717) is 22.8 Å². The zero-order chi connectivity index (χ0) is 22.4. The summed E-state index contributed by atoms with van der Waals surface area (Å²) in [5.41, 5.74) is 0.232. The van der Waals surface area contributed by atoms with Crippen LogP contribution in [-0.2, 0) is 4.74 Å². The van der Waals surface area contributed by atoms with E-state index in [-0.39, 0.29) is 17.2 Å². The van der Waals surface area contributed by atoms with Gasteiger partial charge in [0.2, 0.25) is 0 Å². The van der Waals surface area contributed by atoms with Crippen molar-refractivity contribution in [3.63, 3.8) is 0 Å². The Morgan fingerprint density at radius 2 is 1.52 bits per heavy atom. The van der Waals surface area contributed by atoms with Gasteiger partial charge in [0, 0.05) is 11.6 Å². The summed E-state index contributed by atoms with van der Waals surface area (Å²) in [4.78, 5) is 25.6. The van der Waals surface area contributed by atoms with E-state index in [1.165, 1.54) is 7.11 Å². The summed E-state index contributed by atoms with van der Waals surface area (Å²) in [6.07, 6.45) is 0. The topological polar surface area (TPSA) is 73.9 Å². The number of carbonyl (C=O) groups excluding carboxylic acids is 2. The molecule has 160 valence electrons. The zero-order valence-corrected chi connectivity index (χ0v) is 18.0. The van der Waals surface area contributed by atoms with Gasteiger partial charge in [0.15, 0.2) is 0 Å². The smallest absolute Gasteiger partial charge is 0.340 e. The van der Waals surface area contributed by atoms with Gasteiger partial charge < -0.3 is 19.5 Å². The summed E-state index contributed by atoms with van der Waals surface area (Å²) in [7, 11) is 1.53. The van der Waals surface area contributed by atoms with Crippen LogP contribution in [0.2, 0.25) is 0 Å². The molecule has 0 saturated heterocycles. The normalized spacial score (nSPS) is 10.8. The van der Waals surface area contributed by atoms with Crippen molar-refractivity contribution in [3.05, 3.63) is 83.9 Å². The van der Waals surface area contributed by atoms with E-state index in [1.54, 1.807) is 63.2 Å². The number of methoxy groups -OCH3 is 1. The van der Waals surface area contributed by atoms with Gasteiger partial charge in [0.25, 0.3) is 5.91 Å². The first kappa shape index (κ1) is 21.9. The number of nitrogens with one attached hydrogen (secondary N) is 1. The number of hydrogen-bond donors (Lipinski definition) is 1. The van der Waals surface area contributed by atoms with Crippen molar-refractivity contribution < 1.29 is 23.8 Å². The van der Waals surface area contributed by atoms with Gasteiger partial charge in [-0.3, -0.25) is 4.79 Å². The van der Waals surface area contributed by atoms with Gasteiger partial charge in [0.05, 0.1) is 18.4 Å². The molecular weight excluding hydrogens is 394 g/mol. The van der Waals surface area contributed by atoms with Crippen molar-refractivity contribution in [1.29, 1.82) is 0 Å². The quantitative estimate of drug-likeness (QED) is 0.519. The second-order valence-electron chi connectivity index (χ2n) is 7.81. The average molecular weight is 419 g/mol. The van der Waals surface area contributed by atoms with Crippen LogP contribution in [0, 0.1) is 0 Å². The highest BCUT2D eigenvalue weighted by Crippen LogP contribution is 2.29. The first-order chi connectivity index (χ1) is 14.7. The minimum atomic E-state index is -0.676. The third-order valence-electron chi connectivity index (χ3n) is 4.17. The molecule has 0 radical (unpaired) electrons. The Morgan fingerprint density at radius 1 is 0.806 bits per heavy atom. The Morgan fingerprint density at radius 3 is 2.19 bits per heavy atom. The van der Waals surface area contributed by atoms with Crippen molar-refractivity contribution in [2.75, 3.05) is 12.4 Å². The fourth-order valence-corrected chi connectivity index (χ4v) is 2.78. The van der Waals surface area contributed by atoms with Crippen molar-refractivity contribution in [2.45, 2.75) is 26.4 Å². The number of amides is 1. The van der Waals surface area contributed by atoms with Gasteiger partial charge >= 0.3 is 5.97 Å². The van der Waals surface area contributed by atoms with Crippen LogP contribution in [-0.4, -0.2) is 24.6 Å². The molecule has 3 rings (SSSR count). The Bertz CT molecular complexity index is 1070. The molecule has 0 bridgehead atoms. The molecule has 3 aromatic rings. The highest BCUT2D eigenvalue weighted by molar-refractivity contribution is 6.08. The molecule has 0 aliphatic carbocycles. The lowest BCUT2D eigenvalue weighted by Gasteiger charge is -2.21. The number of esters is 1. The number of rotatable bonds is 6. The molecule has 0 spiro atoms. The number of para-hydroxylation sites is 1. The summed E-state index contributed by atoms with van der Waals surface area (Å²) in [6.45, 7) is 5.35. The van der Waals surface area contributed by atoms with E-state index >= 15 is 0 Å². The van der Waals surface area contributed by atoms with E-state index < -0.39 is 11.6 Å². The molecule has 0 saturated carbocycles. The second-order valence-corrected chi connectivity index (χ2v) is 7.81. The molecule has 1 N–H and O–H groups in total. The lowest BCUT2D eigenvalue weighted by Crippen LogP contribution is -2.25. The summed E-state index contributed by atoms with van der Waals surface area (Å²) < 4.78 is 16.5. The predicted molar refractivity (Wildman–Crippen MR) is 119 cm³/mol. The number of hydrogen-bond acceptors (Lipinski definition) is 5. The van der Waals surface area contributed by atoms with Crippen LogP contribution in [0.4, 0.5) is 5.69 Å². The van der Waals surface area contributed by atoms with E-state index in [0.717, 1.165) is 0 Å². The van der Waals surface area contributed by atoms with Crippen molar-refractivity contribution in [1.82, 2.24) is 0 Å². The van der Waals surface area contributed by atoms with Gasteiger partial charge in [-0.15, -0.1) is 0 Å². The lowest BCUT2D eigenvalue weighted by atomic mass is 10.1. The predicted octanol–water partition coefficient (Wildman–Crippen LogP) is 5.70. The van der Waals surface area contributed by atoms with Crippen LogP contribution in [0.1, 0.15) is 41.5 Å². The van der Waals surface area contributed by atoms with Gasteiger partial charge in [-0.2, -0.15) is 0 Å². The summed E-state index contributed by atoms with van der Waals surface area (Å²) in [5, 5.41) is 2.80. The monoisotopic (exact) mass is 419 g/mol. The standard InChI is InChI=1S/C25H25NO5/c1-25(2,3)31-24(28)21-14-13-20(30-18-10-6-5-7-11-18)16-22(21)26-23(27)17-9-8-12-19(15-17)29-4/h5-16H,1-4H3,(H,26,27). The van der Waals surface area contributed by atoms with Crippen molar-refractivity contribution in [2.24, 2.45) is 0 Å². The van der Waals surface area contributed by atoms with Crippen LogP contribution in [0.15, 0.2) is 72.8 Å². The maximum atomic E-state index is 12.9. The summed E-state index contributed by atoms with van der Waals surface area (Å²) in [5.74, 6) is 0.735. The first-order valence-corrected chi connectivity index (χ1v) is 9.81. The van der Waals surface area contributed by atoms with E-state index in [9.17, 15) is 9.59 Å². The molecule has 6 nitrogen and oxygen atoms in total. The molecule has 0 heterocycles. The van der Waals surface area contributed by atoms with Gasteiger partial charge in [-0.05, 0) is 63.2 Å². The molecule has 0 unspecified atom stereocenters. The third kappa shape index (κ3) is 6.09. The Labute approximate surface area is 181 Å². The SMILES string of the molecule is COc1cccc(C(=O)Nc2cc(Oc3ccccc3)ccc2C(=O)OC(C)(C)C)c1. The Kier molecular flexibility index (Phi) is 6.60. The van der Waals surface area contributed by atoms with Crippen LogP contribution in [0.3, 0.4) is 0 Å². The molecule has 1 amide bonds. The van der Waals surface area contributed by atoms with Gasteiger partial charge in [-0.25, -0.2) is 4.79 Å². The molecule has 0 aliphatic heterocycles. The number of ether oxygens (including phenoxy) is 3. The van der Waals surface area contributed by atoms with Crippen LogP contribution >= 0.6 is 0 Å². The zero-order valence-electron chi connectivity index (χ0n) is 18.0. The fourth-order valence-electron chi connectivity index (χ4n) is 2.78. The maximum Gasteiger partial charge on any atom is 0.340 e. The van der Waals surface area contributed by atoms with E-state index in [4.69, 9.17) is 14.2 Å². The molecule has 0 aromatic heterocycles. The molecule has 3 aromatic carbocycles. The van der Waals surface area contributed by atoms with Crippen LogP contribution < -0.4 is 14.8 Å². The fraction of sp³-hybridized carbons (Fsp3) is 0.200. The third-order valence-corrected chi connectivity index (χ3v) is 4.17. The highest BCUT2D eigenvalue weighted by Gasteiger charge is 2.22. The van der Waals surface area contributed by atoms with Gasteiger partial charge in [0.1, 0.15) is 22.8 Å². The maximum absolute atomic E-state index is 12.9. The van der Waals surface area contributed by atoms with Crippen molar-refractivity contribution >= 4 is 17.6 Å². The molecule has 0 atom stereocenters. The van der Waals surface area contributed by atoms with Gasteiger partial charge in [-0.1, -0.05) is 24.3 Å². The molecular formula is C25H25NO5. The van der Waals surface area contributed by atoms with E-state index in [2.05, 4.69) is 5.32 Å². The van der Waals surface area contributed by atoms with Crippen molar-refractivity contribution in [3.8, 4) is 17.2 Å². The van der Waals surface area contributed by atoms with Crippen LogP contribution in [0.25, 0.3) is 0 Å². The molecule has 6 heteroatoms. The average Bonchev–Trinajstić information content (AvgIpc) is 2.73. The summed E-state index contributed by atoms with van der Waals surface area (Å²) >= 11 is 0.